The van der Waals surface area contributed by atoms with Crippen molar-refractivity contribution in [2.45, 2.75) is 38.1 Å². The first-order valence-corrected chi connectivity index (χ1v) is 10.2. The van der Waals surface area contributed by atoms with Crippen LogP contribution in [0.3, 0.4) is 0 Å². The van der Waals surface area contributed by atoms with E-state index in [1.807, 2.05) is 4.90 Å². The Hall–Kier alpha value is -1.92. The second kappa shape index (κ2) is 7.60. The first-order chi connectivity index (χ1) is 13.0. The van der Waals surface area contributed by atoms with Crippen molar-refractivity contribution < 1.29 is 19.3 Å². The van der Waals surface area contributed by atoms with Gasteiger partial charge in [0.2, 0.25) is 11.8 Å². The molecule has 0 bridgehead atoms. The van der Waals surface area contributed by atoms with E-state index in [2.05, 4.69) is 0 Å². The molecule has 1 aromatic rings. The Morgan fingerprint density at radius 2 is 1.67 bits per heavy atom. The third-order valence-electron chi connectivity index (χ3n) is 6.12. The van der Waals surface area contributed by atoms with Crippen molar-refractivity contribution in [2.24, 2.45) is 5.92 Å². The Morgan fingerprint density at radius 3 is 2.30 bits per heavy atom. The largest absolute Gasteiger partial charge is 0.342 e. The van der Waals surface area contributed by atoms with Gasteiger partial charge in [0.25, 0.3) is 5.91 Å². The van der Waals surface area contributed by atoms with Gasteiger partial charge in [0, 0.05) is 36.9 Å². The fourth-order valence-electron chi connectivity index (χ4n) is 4.59. The summed E-state index contributed by atoms with van der Waals surface area (Å²) >= 11 is 5.90. The summed E-state index contributed by atoms with van der Waals surface area (Å²) in [7, 11) is 0. The summed E-state index contributed by atoms with van der Waals surface area (Å²) < 4.78 is 0. The van der Waals surface area contributed by atoms with Crippen LogP contribution in [-0.2, 0) is 14.4 Å². The summed E-state index contributed by atoms with van der Waals surface area (Å²) in [6.45, 7) is 3.31. The Balaban J connectivity index is 1.38. The molecule has 144 valence electrons. The number of nitrogens with zero attached hydrogens (tertiary/aromatic N) is 2. The number of rotatable bonds is 3. The van der Waals surface area contributed by atoms with Gasteiger partial charge in [-0.3, -0.25) is 14.4 Å². The number of carbonyl (C=O) groups excluding carboxylic acids is 3. The number of piperidine rings is 1. The first-order valence-electron chi connectivity index (χ1n) is 9.80. The second-order valence-electron chi connectivity index (χ2n) is 7.77. The summed E-state index contributed by atoms with van der Waals surface area (Å²) in [6, 6.07) is 6.45. The quantitative estimate of drug-likeness (QED) is 0.780. The molecule has 0 saturated carbocycles. The maximum atomic E-state index is 12.9. The molecule has 0 spiro atoms. The zero-order chi connectivity index (χ0) is 19.0. The molecule has 3 aliphatic rings. The number of quaternary nitrogens is 1. The number of nitrogens with one attached hydrogen (secondary N) is 1. The van der Waals surface area contributed by atoms with E-state index in [-0.39, 0.29) is 36.1 Å². The van der Waals surface area contributed by atoms with Gasteiger partial charge in [0.05, 0.1) is 25.2 Å². The molecule has 4 rings (SSSR count). The number of likely N-dealkylation sites (tertiary alicyclic amines) is 2. The van der Waals surface area contributed by atoms with Gasteiger partial charge in [-0.15, -0.1) is 0 Å². The van der Waals surface area contributed by atoms with Gasteiger partial charge in [-0.05, 0) is 37.1 Å². The Labute approximate surface area is 164 Å². The molecule has 0 aromatic heterocycles. The van der Waals surface area contributed by atoms with Crippen LogP contribution in [0.4, 0.5) is 5.69 Å². The Bertz CT molecular complexity index is 737. The normalized spacial score (nSPS) is 28.9. The number of imide groups is 1. The number of hydrogen-bond donors (Lipinski definition) is 1. The predicted octanol–water partition coefficient (Wildman–Crippen LogP) is 0.889. The minimum Gasteiger partial charge on any atom is -0.342 e. The molecule has 0 unspecified atom stereocenters. The maximum Gasteiger partial charge on any atom is 0.292 e. The van der Waals surface area contributed by atoms with Crippen molar-refractivity contribution in [1.29, 1.82) is 0 Å². The van der Waals surface area contributed by atoms with Gasteiger partial charge >= 0.3 is 0 Å². The van der Waals surface area contributed by atoms with E-state index in [4.69, 9.17) is 11.6 Å². The molecule has 7 heteroatoms. The summed E-state index contributed by atoms with van der Waals surface area (Å²) in [6.07, 6.45) is 4.04. The van der Waals surface area contributed by atoms with Crippen LogP contribution in [-0.4, -0.2) is 54.8 Å². The maximum absolute atomic E-state index is 12.9. The van der Waals surface area contributed by atoms with Crippen LogP contribution in [0.2, 0.25) is 5.02 Å². The molecule has 6 nitrogen and oxygen atoms in total. The monoisotopic (exact) mass is 390 g/mol. The molecule has 1 N–H and O–H groups in total. The third-order valence-corrected chi connectivity index (χ3v) is 6.37. The zero-order valence-electron chi connectivity index (χ0n) is 15.3. The lowest BCUT2D eigenvalue weighted by Crippen LogP contribution is -3.17. The molecular formula is C20H25ClN3O3+. The molecule has 3 amide bonds. The highest BCUT2D eigenvalue weighted by Crippen LogP contribution is 2.24. The second-order valence-corrected chi connectivity index (χ2v) is 8.20. The van der Waals surface area contributed by atoms with Crippen LogP contribution in [0, 0.1) is 5.92 Å². The standard InChI is InChI=1S/C20H24ClN3O3/c21-15-3-5-16(6-4-15)24-18(25)13-17(20(24)27)22-11-7-14(8-12-22)19(26)23-9-1-2-10-23/h3-6,14,17H,1-2,7-13H2/p+1/t17-/m0/s1. The average Bonchev–Trinajstić information content (AvgIpc) is 3.31. The number of amides is 3. The summed E-state index contributed by atoms with van der Waals surface area (Å²) in [5.74, 6) is 0.0614. The lowest BCUT2D eigenvalue weighted by Gasteiger charge is -2.33. The summed E-state index contributed by atoms with van der Waals surface area (Å²) in [4.78, 5) is 42.4. The van der Waals surface area contributed by atoms with Gasteiger partial charge in [-0.2, -0.15) is 0 Å². The van der Waals surface area contributed by atoms with E-state index >= 15 is 0 Å². The minimum atomic E-state index is -0.337. The molecule has 0 radical (unpaired) electrons. The van der Waals surface area contributed by atoms with Crippen LogP contribution in [0.25, 0.3) is 0 Å². The van der Waals surface area contributed by atoms with E-state index in [1.54, 1.807) is 24.3 Å². The van der Waals surface area contributed by atoms with Crippen LogP contribution in [0.1, 0.15) is 32.1 Å². The van der Waals surface area contributed by atoms with E-state index in [9.17, 15) is 14.4 Å². The van der Waals surface area contributed by atoms with Gasteiger partial charge in [0.1, 0.15) is 0 Å². The van der Waals surface area contributed by atoms with Gasteiger partial charge in [-0.1, -0.05) is 11.6 Å². The van der Waals surface area contributed by atoms with Crippen molar-refractivity contribution in [1.82, 2.24) is 4.90 Å². The van der Waals surface area contributed by atoms with Crippen LogP contribution in [0.15, 0.2) is 24.3 Å². The highest BCUT2D eigenvalue weighted by molar-refractivity contribution is 6.30. The number of benzene rings is 1. The Morgan fingerprint density at radius 1 is 1.04 bits per heavy atom. The highest BCUT2D eigenvalue weighted by atomic mass is 35.5. The highest BCUT2D eigenvalue weighted by Gasteiger charge is 2.47. The number of hydrogen-bond acceptors (Lipinski definition) is 3. The van der Waals surface area contributed by atoms with Crippen LogP contribution in [0.5, 0.6) is 0 Å². The van der Waals surface area contributed by atoms with Gasteiger partial charge in [0.15, 0.2) is 6.04 Å². The van der Waals surface area contributed by atoms with Crippen molar-refractivity contribution in [3.8, 4) is 0 Å². The molecule has 1 atom stereocenters. The molecular weight excluding hydrogens is 366 g/mol. The van der Waals surface area contributed by atoms with Crippen molar-refractivity contribution >= 4 is 35.0 Å². The van der Waals surface area contributed by atoms with E-state index < -0.39 is 0 Å². The first kappa shape index (κ1) is 18.4. The number of anilines is 1. The smallest absolute Gasteiger partial charge is 0.292 e. The van der Waals surface area contributed by atoms with E-state index in [0.29, 0.717) is 10.7 Å². The minimum absolute atomic E-state index is 0.0754. The van der Waals surface area contributed by atoms with Gasteiger partial charge < -0.3 is 9.80 Å². The summed E-state index contributed by atoms with van der Waals surface area (Å²) in [5.41, 5.74) is 0.579. The lowest BCUT2D eigenvalue weighted by atomic mass is 9.94. The predicted molar refractivity (Wildman–Crippen MR) is 102 cm³/mol. The SMILES string of the molecule is O=C(C1CC[NH+]([C@H]2CC(=O)N(c3ccc(Cl)cc3)C2=O)CC1)N1CCCC1. The molecule has 3 heterocycles. The number of halogens is 1. The van der Waals surface area contributed by atoms with Gasteiger partial charge in [-0.25, -0.2) is 4.90 Å². The lowest BCUT2D eigenvalue weighted by molar-refractivity contribution is -0.920. The van der Waals surface area contributed by atoms with Crippen molar-refractivity contribution in [3.05, 3.63) is 29.3 Å². The zero-order valence-corrected chi connectivity index (χ0v) is 16.1. The van der Waals surface area contributed by atoms with E-state index in [0.717, 1.165) is 56.8 Å². The average molecular weight is 391 g/mol. The molecule has 3 fully saturated rings. The van der Waals surface area contributed by atoms with Crippen LogP contribution < -0.4 is 9.80 Å². The third kappa shape index (κ3) is 3.60. The molecule has 27 heavy (non-hydrogen) atoms. The fraction of sp³-hybridized carbons (Fsp3) is 0.550. The topological polar surface area (TPSA) is 62.1 Å². The van der Waals surface area contributed by atoms with Crippen LogP contribution >= 0.6 is 11.6 Å². The molecule has 3 saturated heterocycles. The molecule has 3 aliphatic heterocycles. The van der Waals surface area contributed by atoms with Crippen molar-refractivity contribution in [2.75, 3.05) is 31.1 Å². The molecule has 1 aromatic carbocycles. The summed E-state index contributed by atoms with van der Waals surface area (Å²) in [5, 5.41) is 0.574. The fourth-order valence-corrected chi connectivity index (χ4v) is 4.72. The van der Waals surface area contributed by atoms with Crippen molar-refractivity contribution in [3.63, 3.8) is 0 Å². The molecule has 0 aliphatic carbocycles. The number of carbonyl (C=O) groups is 3. The Kier molecular flexibility index (Phi) is 5.19. The van der Waals surface area contributed by atoms with E-state index in [1.165, 1.54) is 4.90 Å².